The Hall–Kier alpha value is -3.25. The summed E-state index contributed by atoms with van der Waals surface area (Å²) in [6.07, 6.45) is 1.60. The van der Waals surface area contributed by atoms with Crippen molar-refractivity contribution in [2.45, 2.75) is 6.92 Å². The van der Waals surface area contributed by atoms with Gasteiger partial charge < -0.3 is 4.52 Å². The maximum absolute atomic E-state index is 12.2. The molecular weight excluding hydrogens is 352 g/mol. The SMILES string of the molecule is Cc1ccc(-n2ccc(=O)c(-c3nc(-c4cccc(Cl)c4)no3)n2)cc1. The highest BCUT2D eigenvalue weighted by Crippen LogP contribution is 2.22. The lowest BCUT2D eigenvalue weighted by Crippen LogP contribution is -2.12. The highest BCUT2D eigenvalue weighted by molar-refractivity contribution is 6.30. The molecule has 0 aliphatic carbocycles. The average Bonchev–Trinajstić information content (AvgIpc) is 3.13. The molecule has 0 N–H and O–H groups in total. The van der Waals surface area contributed by atoms with Crippen LogP contribution in [0, 0.1) is 6.92 Å². The Bertz CT molecular complexity index is 1130. The summed E-state index contributed by atoms with van der Waals surface area (Å²) in [5, 5.41) is 8.84. The summed E-state index contributed by atoms with van der Waals surface area (Å²) in [6.45, 7) is 2.00. The van der Waals surface area contributed by atoms with Crippen molar-refractivity contribution >= 4 is 11.6 Å². The van der Waals surface area contributed by atoms with Gasteiger partial charge in [0.05, 0.1) is 5.69 Å². The zero-order valence-electron chi connectivity index (χ0n) is 13.8. The number of hydrogen-bond acceptors (Lipinski definition) is 5. The van der Waals surface area contributed by atoms with Crippen LogP contribution in [0.25, 0.3) is 28.7 Å². The zero-order chi connectivity index (χ0) is 18.1. The predicted molar refractivity (Wildman–Crippen MR) is 98.3 cm³/mol. The van der Waals surface area contributed by atoms with Crippen LogP contribution < -0.4 is 5.43 Å². The number of rotatable bonds is 3. The molecule has 0 radical (unpaired) electrons. The van der Waals surface area contributed by atoms with E-state index in [-0.39, 0.29) is 17.0 Å². The van der Waals surface area contributed by atoms with Crippen molar-refractivity contribution < 1.29 is 4.52 Å². The van der Waals surface area contributed by atoms with Crippen LogP contribution in [0.1, 0.15) is 5.56 Å². The van der Waals surface area contributed by atoms with Crippen LogP contribution >= 0.6 is 11.6 Å². The van der Waals surface area contributed by atoms with Gasteiger partial charge >= 0.3 is 0 Å². The summed E-state index contributed by atoms with van der Waals surface area (Å²) in [6, 6.07) is 16.3. The first-order valence-corrected chi connectivity index (χ1v) is 8.25. The van der Waals surface area contributed by atoms with Gasteiger partial charge in [0.15, 0.2) is 5.69 Å². The molecule has 4 aromatic rings. The van der Waals surface area contributed by atoms with E-state index in [9.17, 15) is 4.79 Å². The second kappa shape index (κ2) is 6.57. The Labute approximate surface area is 153 Å². The number of hydrogen-bond donors (Lipinski definition) is 0. The molecule has 0 saturated heterocycles. The van der Waals surface area contributed by atoms with Gasteiger partial charge in [-0.05, 0) is 31.2 Å². The molecule has 0 aliphatic heterocycles. The van der Waals surface area contributed by atoms with Crippen LogP contribution in [-0.2, 0) is 0 Å². The molecule has 7 heteroatoms. The average molecular weight is 365 g/mol. The summed E-state index contributed by atoms with van der Waals surface area (Å²) in [7, 11) is 0. The molecule has 0 atom stereocenters. The monoisotopic (exact) mass is 364 g/mol. The van der Waals surface area contributed by atoms with E-state index in [0.29, 0.717) is 16.4 Å². The van der Waals surface area contributed by atoms with Gasteiger partial charge in [-0.25, -0.2) is 4.68 Å². The lowest BCUT2D eigenvalue weighted by atomic mass is 10.2. The van der Waals surface area contributed by atoms with Crippen molar-refractivity contribution in [1.29, 1.82) is 0 Å². The molecule has 128 valence electrons. The minimum Gasteiger partial charge on any atom is -0.332 e. The Morgan fingerprint density at radius 2 is 1.88 bits per heavy atom. The van der Waals surface area contributed by atoms with E-state index in [1.54, 1.807) is 29.1 Å². The molecule has 4 rings (SSSR count). The minimum atomic E-state index is -0.297. The van der Waals surface area contributed by atoms with Gasteiger partial charge in [-0.2, -0.15) is 10.1 Å². The maximum Gasteiger partial charge on any atom is 0.282 e. The van der Waals surface area contributed by atoms with E-state index in [1.807, 2.05) is 37.3 Å². The summed E-state index contributed by atoms with van der Waals surface area (Å²) in [5.74, 6) is 0.404. The van der Waals surface area contributed by atoms with Crippen LogP contribution in [0.5, 0.6) is 0 Å². The van der Waals surface area contributed by atoms with Crippen molar-refractivity contribution in [1.82, 2.24) is 19.9 Å². The highest BCUT2D eigenvalue weighted by Gasteiger charge is 2.16. The molecule has 0 spiro atoms. The summed E-state index contributed by atoms with van der Waals surface area (Å²) >= 11 is 5.99. The molecule has 2 aromatic heterocycles. The smallest absolute Gasteiger partial charge is 0.282 e. The standard InChI is InChI=1S/C19H13ClN4O2/c1-12-5-7-15(8-6-12)24-10-9-16(25)17(22-24)19-21-18(23-26-19)13-3-2-4-14(20)11-13/h2-11H,1H3. The van der Waals surface area contributed by atoms with Crippen molar-refractivity contribution in [2.75, 3.05) is 0 Å². The van der Waals surface area contributed by atoms with Gasteiger partial charge in [-0.1, -0.05) is 46.6 Å². The van der Waals surface area contributed by atoms with Gasteiger partial charge in [0.25, 0.3) is 5.89 Å². The molecule has 0 unspecified atom stereocenters. The van der Waals surface area contributed by atoms with Crippen LogP contribution in [0.2, 0.25) is 5.02 Å². The Kier molecular flexibility index (Phi) is 4.10. The molecule has 2 aromatic carbocycles. The molecule has 6 nitrogen and oxygen atoms in total. The third kappa shape index (κ3) is 3.14. The van der Waals surface area contributed by atoms with Gasteiger partial charge in [-0.3, -0.25) is 4.79 Å². The van der Waals surface area contributed by atoms with Crippen molar-refractivity contribution in [3.63, 3.8) is 0 Å². The van der Waals surface area contributed by atoms with Crippen molar-refractivity contribution in [3.05, 3.63) is 81.6 Å². The van der Waals surface area contributed by atoms with E-state index >= 15 is 0 Å². The van der Waals surface area contributed by atoms with E-state index < -0.39 is 0 Å². The van der Waals surface area contributed by atoms with Gasteiger partial charge in [0, 0.05) is 22.8 Å². The number of nitrogens with zero attached hydrogens (tertiary/aromatic N) is 4. The quantitative estimate of drug-likeness (QED) is 0.551. The summed E-state index contributed by atoms with van der Waals surface area (Å²) in [4.78, 5) is 16.5. The second-order valence-electron chi connectivity index (χ2n) is 5.74. The first kappa shape index (κ1) is 16.2. The van der Waals surface area contributed by atoms with Gasteiger partial charge in [-0.15, -0.1) is 0 Å². The number of aromatic nitrogens is 4. The first-order chi connectivity index (χ1) is 12.6. The molecule has 26 heavy (non-hydrogen) atoms. The van der Waals surface area contributed by atoms with Crippen LogP contribution in [0.15, 0.2) is 70.1 Å². The topological polar surface area (TPSA) is 73.8 Å². The molecule has 2 heterocycles. The summed E-state index contributed by atoms with van der Waals surface area (Å²) < 4.78 is 6.85. The molecule has 0 bridgehead atoms. The molecular formula is C19H13ClN4O2. The van der Waals surface area contributed by atoms with E-state index in [1.165, 1.54) is 6.07 Å². The maximum atomic E-state index is 12.2. The number of aryl methyl sites for hydroxylation is 1. The molecule has 0 saturated carbocycles. The third-order valence-electron chi connectivity index (χ3n) is 3.82. The third-order valence-corrected chi connectivity index (χ3v) is 4.05. The number of halogens is 1. The van der Waals surface area contributed by atoms with Crippen LogP contribution in [0.4, 0.5) is 0 Å². The lowest BCUT2D eigenvalue weighted by molar-refractivity contribution is 0.429. The zero-order valence-corrected chi connectivity index (χ0v) is 14.5. The molecule has 0 aliphatic rings. The first-order valence-electron chi connectivity index (χ1n) is 7.87. The van der Waals surface area contributed by atoms with E-state index in [4.69, 9.17) is 16.1 Å². The Morgan fingerprint density at radius 1 is 1.08 bits per heavy atom. The fraction of sp³-hybridized carbons (Fsp3) is 0.0526. The predicted octanol–water partition coefficient (Wildman–Crippen LogP) is 3.91. The Morgan fingerprint density at radius 3 is 2.65 bits per heavy atom. The Balaban J connectivity index is 1.75. The normalized spacial score (nSPS) is 10.8. The fourth-order valence-electron chi connectivity index (χ4n) is 2.46. The van der Waals surface area contributed by atoms with Gasteiger partial charge in [0.2, 0.25) is 11.3 Å². The number of benzene rings is 2. The van der Waals surface area contributed by atoms with Gasteiger partial charge in [0.1, 0.15) is 0 Å². The van der Waals surface area contributed by atoms with E-state index in [2.05, 4.69) is 15.2 Å². The molecule has 0 fully saturated rings. The minimum absolute atomic E-state index is 0.0615. The second-order valence-corrected chi connectivity index (χ2v) is 6.18. The van der Waals surface area contributed by atoms with Crippen molar-refractivity contribution in [2.24, 2.45) is 0 Å². The summed E-state index contributed by atoms with van der Waals surface area (Å²) in [5.41, 5.74) is 2.45. The molecule has 0 amide bonds. The van der Waals surface area contributed by atoms with E-state index in [0.717, 1.165) is 11.3 Å². The fourth-order valence-corrected chi connectivity index (χ4v) is 2.65. The highest BCUT2D eigenvalue weighted by atomic mass is 35.5. The lowest BCUT2D eigenvalue weighted by Gasteiger charge is -2.05. The van der Waals surface area contributed by atoms with Crippen LogP contribution in [0.3, 0.4) is 0 Å². The van der Waals surface area contributed by atoms with Crippen LogP contribution in [-0.4, -0.2) is 19.9 Å². The van der Waals surface area contributed by atoms with Crippen molar-refractivity contribution in [3.8, 4) is 28.7 Å². The largest absolute Gasteiger partial charge is 0.332 e.